The minimum Gasteiger partial charge on any atom is -0.508 e. The molecule has 1 aliphatic rings. The molecule has 3 atom stereocenters. The average Bonchev–Trinajstić information content (AvgIpc) is 2.87. The van der Waals surface area contributed by atoms with Gasteiger partial charge in [-0.2, -0.15) is 0 Å². The summed E-state index contributed by atoms with van der Waals surface area (Å²) in [6, 6.07) is 8.27. The topological polar surface area (TPSA) is 32.3 Å². The lowest BCUT2D eigenvalue weighted by molar-refractivity contribution is 0.348. The monoisotopic (exact) mass is 261 g/mol. The predicted octanol–water partition coefficient (Wildman–Crippen LogP) is 3.74. The van der Waals surface area contributed by atoms with Gasteiger partial charge in [0.2, 0.25) is 0 Å². The van der Waals surface area contributed by atoms with Gasteiger partial charge in [0.15, 0.2) is 0 Å². The van der Waals surface area contributed by atoms with Gasteiger partial charge in [0.25, 0.3) is 0 Å². The number of hydrogen-bond donors (Lipinski definition) is 2. The van der Waals surface area contributed by atoms with E-state index >= 15 is 0 Å². The molecular weight excluding hydrogens is 234 g/mol. The normalized spacial score (nSPS) is 24.5. The summed E-state index contributed by atoms with van der Waals surface area (Å²) in [7, 11) is 0. The van der Waals surface area contributed by atoms with Crippen LogP contribution in [0.5, 0.6) is 5.75 Å². The minimum absolute atomic E-state index is 0.380. The maximum Gasteiger partial charge on any atom is 0.115 e. The van der Waals surface area contributed by atoms with Crippen LogP contribution in [-0.4, -0.2) is 17.7 Å². The van der Waals surface area contributed by atoms with Crippen LogP contribution in [-0.2, 0) is 6.42 Å². The zero-order valence-corrected chi connectivity index (χ0v) is 12.2. The van der Waals surface area contributed by atoms with Gasteiger partial charge in [-0.15, -0.1) is 0 Å². The van der Waals surface area contributed by atoms with Gasteiger partial charge >= 0.3 is 0 Å². The van der Waals surface area contributed by atoms with Crippen LogP contribution in [0.4, 0.5) is 0 Å². The molecule has 0 bridgehead atoms. The van der Waals surface area contributed by atoms with E-state index < -0.39 is 0 Å². The van der Waals surface area contributed by atoms with Crippen molar-refractivity contribution >= 4 is 0 Å². The van der Waals surface area contributed by atoms with Crippen LogP contribution in [0.2, 0.25) is 0 Å². The molecule has 2 N–H and O–H groups in total. The van der Waals surface area contributed by atoms with Crippen molar-refractivity contribution in [3.05, 3.63) is 29.8 Å². The van der Waals surface area contributed by atoms with Crippen LogP contribution < -0.4 is 5.32 Å². The van der Waals surface area contributed by atoms with Gasteiger partial charge in [-0.05, 0) is 55.3 Å². The Labute approximate surface area is 117 Å². The average molecular weight is 261 g/mol. The van der Waals surface area contributed by atoms with Gasteiger partial charge in [0.05, 0.1) is 0 Å². The summed E-state index contributed by atoms with van der Waals surface area (Å²) < 4.78 is 0. The van der Waals surface area contributed by atoms with E-state index in [4.69, 9.17) is 0 Å². The Morgan fingerprint density at radius 2 is 2.16 bits per heavy atom. The number of phenols is 1. The summed E-state index contributed by atoms with van der Waals surface area (Å²) in [5, 5.41) is 13.2. The first-order chi connectivity index (χ1) is 9.22. The largest absolute Gasteiger partial charge is 0.508 e. The highest BCUT2D eigenvalue weighted by atomic mass is 16.3. The Morgan fingerprint density at radius 1 is 1.32 bits per heavy atom. The number of likely N-dealkylation sites (N-methyl/N-ethyl adjacent to an activating group) is 1. The summed E-state index contributed by atoms with van der Waals surface area (Å²) in [6.45, 7) is 5.52. The van der Waals surface area contributed by atoms with Crippen LogP contribution in [0, 0.1) is 11.8 Å². The number of aromatic hydroxyl groups is 1. The zero-order valence-electron chi connectivity index (χ0n) is 12.2. The molecule has 0 radical (unpaired) electrons. The van der Waals surface area contributed by atoms with Gasteiger partial charge in [-0.3, -0.25) is 0 Å². The molecule has 0 aliphatic heterocycles. The highest BCUT2D eigenvalue weighted by Crippen LogP contribution is 2.35. The van der Waals surface area contributed by atoms with E-state index in [2.05, 4.69) is 25.2 Å². The molecule has 0 aromatic heterocycles. The van der Waals surface area contributed by atoms with Gasteiger partial charge < -0.3 is 10.4 Å². The van der Waals surface area contributed by atoms with Crippen LogP contribution >= 0.6 is 0 Å². The predicted molar refractivity (Wildman–Crippen MR) is 80.4 cm³/mol. The first-order valence-electron chi connectivity index (χ1n) is 7.74. The quantitative estimate of drug-likeness (QED) is 0.817. The molecule has 2 heteroatoms. The molecule has 1 fully saturated rings. The highest BCUT2D eigenvalue weighted by Gasteiger charge is 2.29. The van der Waals surface area contributed by atoms with Crippen LogP contribution in [0.1, 0.15) is 45.1 Å². The van der Waals surface area contributed by atoms with Crippen molar-refractivity contribution < 1.29 is 5.11 Å². The van der Waals surface area contributed by atoms with Crippen molar-refractivity contribution in [2.24, 2.45) is 11.8 Å². The van der Waals surface area contributed by atoms with E-state index in [0.29, 0.717) is 11.8 Å². The summed E-state index contributed by atoms with van der Waals surface area (Å²) in [4.78, 5) is 0. The van der Waals surface area contributed by atoms with Crippen molar-refractivity contribution in [1.82, 2.24) is 5.32 Å². The number of rotatable bonds is 6. The second-order valence-electron chi connectivity index (χ2n) is 5.89. The Kier molecular flexibility index (Phi) is 5.26. The van der Waals surface area contributed by atoms with Crippen molar-refractivity contribution in [1.29, 1.82) is 0 Å². The highest BCUT2D eigenvalue weighted by molar-refractivity contribution is 5.27. The van der Waals surface area contributed by atoms with Crippen molar-refractivity contribution in [2.75, 3.05) is 6.54 Å². The van der Waals surface area contributed by atoms with Crippen molar-refractivity contribution in [2.45, 2.75) is 52.0 Å². The molecule has 2 nitrogen and oxygen atoms in total. The van der Waals surface area contributed by atoms with E-state index in [1.54, 1.807) is 6.07 Å². The zero-order chi connectivity index (χ0) is 13.7. The molecule has 1 aromatic rings. The minimum atomic E-state index is 0.380. The van der Waals surface area contributed by atoms with E-state index in [0.717, 1.165) is 24.8 Å². The number of hydrogen-bond acceptors (Lipinski definition) is 2. The molecule has 0 saturated heterocycles. The van der Waals surface area contributed by atoms with Gasteiger partial charge in [-0.1, -0.05) is 38.8 Å². The van der Waals surface area contributed by atoms with E-state index in [9.17, 15) is 5.11 Å². The molecule has 1 aliphatic carbocycles. The van der Waals surface area contributed by atoms with E-state index in [1.807, 2.05) is 12.1 Å². The number of phenolic OH excluding ortho intramolecular Hbond substituents is 1. The molecule has 106 valence electrons. The van der Waals surface area contributed by atoms with Crippen molar-refractivity contribution in [3.8, 4) is 5.75 Å². The summed E-state index contributed by atoms with van der Waals surface area (Å²) in [5.74, 6) is 2.10. The molecule has 0 amide bonds. The first kappa shape index (κ1) is 14.4. The lowest BCUT2D eigenvalue weighted by Gasteiger charge is -2.25. The van der Waals surface area contributed by atoms with Crippen LogP contribution in [0.3, 0.4) is 0 Å². The number of benzene rings is 1. The maximum absolute atomic E-state index is 9.58. The molecule has 1 saturated carbocycles. The Morgan fingerprint density at radius 3 is 2.79 bits per heavy atom. The molecular formula is C17H27NO. The summed E-state index contributed by atoms with van der Waals surface area (Å²) in [6.07, 6.45) is 6.47. The van der Waals surface area contributed by atoms with E-state index in [-0.39, 0.29) is 0 Å². The first-order valence-corrected chi connectivity index (χ1v) is 7.74. The molecule has 19 heavy (non-hydrogen) atoms. The molecule has 1 aromatic carbocycles. The SMILES string of the molecule is CCNC(Cc1cccc(O)c1)C1CCC(CC)C1. The fourth-order valence-electron chi connectivity index (χ4n) is 3.45. The van der Waals surface area contributed by atoms with Crippen LogP contribution in [0.25, 0.3) is 0 Å². The second kappa shape index (κ2) is 6.95. The second-order valence-corrected chi connectivity index (χ2v) is 5.89. The fourth-order valence-corrected chi connectivity index (χ4v) is 3.45. The standard InChI is InChI=1S/C17H27NO/c1-3-13-8-9-15(10-13)17(18-4-2)12-14-6-5-7-16(19)11-14/h5-7,11,13,15,17-19H,3-4,8-10,12H2,1-2H3. The Balaban J connectivity index is 2.00. The lowest BCUT2D eigenvalue weighted by atomic mass is 9.91. The lowest BCUT2D eigenvalue weighted by Crippen LogP contribution is -2.37. The number of nitrogens with one attached hydrogen (secondary N) is 1. The Bertz CT molecular complexity index is 391. The fraction of sp³-hybridized carbons (Fsp3) is 0.647. The third kappa shape index (κ3) is 3.97. The van der Waals surface area contributed by atoms with E-state index in [1.165, 1.54) is 31.2 Å². The molecule has 3 unspecified atom stereocenters. The van der Waals surface area contributed by atoms with Gasteiger partial charge in [0.1, 0.15) is 5.75 Å². The van der Waals surface area contributed by atoms with Crippen LogP contribution in [0.15, 0.2) is 24.3 Å². The molecule has 0 heterocycles. The van der Waals surface area contributed by atoms with Gasteiger partial charge in [-0.25, -0.2) is 0 Å². The third-order valence-corrected chi connectivity index (χ3v) is 4.56. The summed E-state index contributed by atoms with van der Waals surface area (Å²) in [5.41, 5.74) is 1.24. The third-order valence-electron chi connectivity index (χ3n) is 4.56. The van der Waals surface area contributed by atoms with Crippen molar-refractivity contribution in [3.63, 3.8) is 0 Å². The molecule has 2 rings (SSSR count). The molecule has 0 spiro atoms. The summed E-state index contributed by atoms with van der Waals surface area (Å²) >= 11 is 0. The maximum atomic E-state index is 9.58. The Hall–Kier alpha value is -1.02. The smallest absolute Gasteiger partial charge is 0.115 e. The van der Waals surface area contributed by atoms with Gasteiger partial charge in [0, 0.05) is 6.04 Å².